The van der Waals surface area contributed by atoms with E-state index in [9.17, 15) is 0 Å². The molecule has 0 amide bonds. The first-order valence-electron chi connectivity index (χ1n) is 21.4. The number of hydrogen-bond acceptors (Lipinski definition) is 1. The van der Waals surface area contributed by atoms with Crippen LogP contribution in [0.15, 0.2) is 224 Å². The van der Waals surface area contributed by atoms with E-state index in [1.165, 1.54) is 88.3 Å². The lowest BCUT2D eigenvalue weighted by Gasteiger charge is -2.46. The Morgan fingerprint density at radius 3 is 1.48 bits per heavy atom. The molecule has 0 atom stereocenters. The molecule has 10 aromatic carbocycles. The Labute approximate surface area is 357 Å². The summed E-state index contributed by atoms with van der Waals surface area (Å²) in [6, 6.07) is 83.3. The molecule has 0 heterocycles. The summed E-state index contributed by atoms with van der Waals surface area (Å²) in [5.41, 5.74) is 18.6. The van der Waals surface area contributed by atoms with E-state index in [1.54, 1.807) is 0 Å². The minimum Gasteiger partial charge on any atom is -0.311 e. The van der Waals surface area contributed by atoms with Gasteiger partial charge in [0.05, 0.1) is 5.41 Å². The van der Waals surface area contributed by atoms with Crippen LogP contribution in [0.25, 0.3) is 54.9 Å². The Morgan fingerprint density at radius 1 is 0.311 bits per heavy atom. The van der Waals surface area contributed by atoms with E-state index in [4.69, 9.17) is 0 Å². The molecular formula is C60H43N. The van der Waals surface area contributed by atoms with Gasteiger partial charge in [-0.25, -0.2) is 0 Å². The highest BCUT2D eigenvalue weighted by Gasteiger charge is 2.53. The molecule has 10 aromatic rings. The van der Waals surface area contributed by atoms with Crippen molar-refractivity contribution in [2.75, 3.05) is 4.90 Å². The van der Waals surface area contributed by atoms with E-state index in [1.807, 2.05) is 0 Å². The van der Waals surface area contributed by atoms with Crippen molar-refractivity contribution in [1.82, 2.24) is 0 Å². The highest BCUT2D eigenvalue weighted by atomic mass is 15.1. The first-order valence-corrected chi connectivity index (χ1v) is 21.4. The first-order chi connectivity index (χ1) is 30.0. The minimum atomic E-state index is -0.415. The Balaban J connectivity index is 0.962. The molecular weight excluding hydrogens is 735 g/mol. The topological polar surface area (TPSA) is 3.24 Å². The maximum atomic E-state index is 2.39. The fraction of sp³-hybridized carbons (Fsp3) is 0.0667. The molecule has 12 rings (SSSR count). The Bertz CT molecular complexity index is 3270. The fourth-order valence-electron chi connectivity index (χ4n) is 10.9. The normalized spacial score (nSPS) is 14.0. The number of nitrogens with zero attached hydrogens (tertiary/aromatic N) is 1. The maximum Gasteiger partial charge on any atom is 0.0719 e. The highest BCUT2D eigenvalue weighted by Crippen LogP contribution is 2.63. The third-order valence-electron chi connectivity index (χ3n) is 13.7. The van der Waals surface area contributed by atoms with Gasteiger partial charge >= 0.3 is 0 Å². The van der Waals surface area contributed by atoms with Crippen molar-refractivity contribution in [1.29, 1.82) is 0 Å². The van der Waals surface area contributed by atoms with Crippen molar-refractivity contribution in [3.8, 4) is 33.4 Å². The van der Waals surface area contributed by atoms with E-state index in [0.29, 0.717) is 0 Å². The molecule has 2 aliphatic carbocycles. The minimum absolute atomic E-state index is 0.125. The van der Waals surface area contributed by atoms with Crippen LogP contribution >= 0.6 is 0 Å². The van der Waals surface area contributed by atoms with Gasteiger partial charge in [0.2, 0.25) is 0 Å². The second-order valence-corrected chi connectivity index (χ2v) is 17.2. The largest absolute Gasteiger partial charge is 0.311 e. The Hall–Kier alpha value is -7.48. The quantitative estimate of drug-likeness (QED) is 0.157. The van der Waals surface area contributed by atoms with Crippen molar-refractivity contribution in [3.05, 3.63) is 258 Å². The molecule has 1 nitrogen and oxygen atoms in total. The molecule has 2 aliphatic rings. The van der Waals surface area contributed by atoms with Gasteiger partial charge in [0.1, 0.15) is 0 Å². The van der Waals surface area contributed by atoms with Crippen molar-refractivity contribution in [2.24, 2.45) is 0 Å². The summed E-state index contributed by atoms with van der Waals surface area (Å²) in [4.78, 5) is 2.36. The van der Waals surface area contributed by atoms with Gasteiger partial charge in [-0.1, -0.05) is 196 Å². The first kappa shape index (κ1) is 35.5. The third-order valence-corrected chi connectivity index (χ3v) is 13.7. The molecule has 0 saturated heterocycles. The van der Waals surface area contributed by atoms with Crippen molar-refractivity contribution >= 4 is 38.6 Å². The SMILES string of the molecule is CC1(C)c2ccccc2C2(c3ccccc3-c3c(-c4ccc(N(c5ccccc5)c5ccc(-c6ccc7ccc8ccccc8c7c6)cc5)cc4)cccc32)c2ccccc21. The zero-order valence-electron chi connectivity index (χ0n) is 34.3. The summed E-state index contributed by atoms with van der Waals surface area (Å²) >= 11 is 0. The summed E-state index contributed by atoms with van der Waals surface area (Å²) in [7, 11) is 0. The van der Waals surface area contributed by atoms with Crippen molar-refractivity contribution in [2.45, 2.75) is 24.7 Å². The molecule has 288 valence electrons. The second kappa shape index (κ2) is 13.5. The van der Waals surface area contributed by atoms with Crippen LogP contribution in [-0.2, 0) is 10.8 Å². The van der Waals surface area contributed by atoms with Gasteiger partial charge in [-0.2, -0.15) is 0 Å². The van der Waals surface area contributed by atoms with Crippen LogP contribution in [0, 0.1) is 0 Å². The van der Waals surface area contributed by atoms with Crippen molar-refractivity contribution < 1.29 is 0 Å². The van der Waals surface area contributed by atoms with Crippen LogP contribution in [0.2, 0.25) is 0 Å². The molecule has 0 aliphatic heterocycles. The van der Waals surface area contributed by atoms with Crippen molar-refractivity contribution in [3.63, 3.8) is 0 Å². The average molecular weight is 778 g/mol. The highest BCUT2D eigenvalue weighted by molar-refractivity contribution is 6.08. The van der Waals surface area contributed by atoms with Crippen LogP contribution in [0.1, 0.15) is 47.2 Å². The zero-order valence-corrected chi connectivity index (χ0v) is 34.3. The number of anilines is 3. The summed E-state index contributed by atoms with van der Waals surface area (Å²) in [5, 5.41) is 5.10. The molecule has 0 fully saturated rings. The fourth-order valence-corrected chi connectivity index (χ4v) is 10.9. The van der Waals surface area contributed by atoms with Crippen LogP contribution in [0.4, 0.5) is 17.1 Å². The Morgan fingerprint density at radius 2 is 0.787 bits per heavy atom. The monoisotopic (exact) mass is 777 g/mol. The second-order valence-electron chi connectivity index (χ2n) is 17.2. The predicted molar refractivity (Wildman–Crippen MR) is 256 cm³/mol. The van der Waals surface area contributed by atoms with Gasteiger partial charge in [-0.15, -0.1) is 0 Å². The van der Waals surface area contributed by atoms with E-state index in [2.05, 4.69) is 243 Å². The van der Waals surface area contributed by atoms with Crippen LogP contribution in [0.3, 0.4) is 0 Å². The van der Waals surface area contributed by atoms with E-state index in [0.717, 1.165) is 17.1 Å². The molecule has 0 saturated carbocycles. The summed E-state index contributed by atoms with van der Waals surface area (Å²) < 4.78 is 0. The van der Waals surface area contributed by atoms with Crippen LogP contribution < -0.4 is 4.90 Å². The van der Waals surface area contributed by atoms with Gasteiger partial charge < -0.3 is 4.90 Å². The summed E-state index contributed by atoms with van der Waals surface area (Å²) in [5.74, 6) is 0. The number of benzene rings is 10. The summed E-state index contributed by atoms with van der Waals surface area (Å²) in [6.07, 6.45) is 0. The van der Waals surface area contributed by atoms with Gasteiger partial charge in [0.25, 0.3) is 0 Å². The molecule has 0 aromatic heterocycles. The molecule has 1 heteroatoms. The zero-order chi connectivity index (χ0) is 40.7. The van der Waals surface area contributed by atoms with Crippen LogP contribution in [-0.4, -0.2) is 0 Å². The maximum absolute atomic E-state index is 2.39. The standard InChI is InChI=1S/C60H43N/c1-59(2)53-22-10-12-24-55(53)60(56-25-13-11-23-54(56)59)52-21-9-8-19-50(52)58-49(20-14-26-57(58)60)42-33-37-47(38-34-42)61(45-16-4-3-5-17-45)46-35-31-40(32-36-46)44-30-29-43-28-27-41-15-6-7-18-48(41)51(43)39-44/h3-39H,1-2H3. The lowest BCUT2D eigenvalue weighted by molar-refractivity contribution is 0.563. The number of hydrogen-bond donors (Lipinski definition) is 0. The lowest BCUT2D eigenvalue weighted by Crippen LogP contribution is -2.40. The summed E-state index contributed by atoms with van der Waals surface area (Å²) in [6.45, 7) is 4.77. The van der Waals surface area contributed by atoms with E-state index >= 15 is 0 Å². The molecule has 0 N–H and O–H groups in total. The third kappa shape index (κ3) is 5.20. The molecule has 0 bridgehead atoms. The average Bonchev–Trinajstić information content (AvgIpc) is 3.63. The van der Waals surface area contributed by atoms with Gasteiger partial charge in [0, 0.05) is 22.5 Å². The number of para-hydroxylation sites is 1. The smallest absolute Gasteiger partial charge is 0.0719 e. The van der Waals surface area contributed by atoms with Gasteiger partial charge in [0.15, 0.2) is 0 Å². The van der Waals surface area contributed by atoms with E-state index < -0.39 is 5.41 Å². The molecule has 0 unspecified atom stereocenters. The lowest BCUT2D eigenvalue weighted by atomic mass is 9.55. The number of rotatable bonds is 5. The van der Waals surface area contributed by atoms with Gasteiger partial charge in [-0.3, -0.25) is 0 Å². The Kier molecular flexibility index (Phi) is 7.86. The molecule has 61 heavy (non-hydrogen) atoms. The van der Waals surface area contributed by atoms with E-state index in [-0.39, 0.29) is 5.41 Å². The number of fused-ring (bicyclic) bond motifs is 12. The van der Waals surface area contributed by atoms with Gasteiger partial charge in [-0.05, 0) is 131 Å². The predicted octanol–water partition coefficient (Wildman–Crippen LogP) is 15.8. The van der Waals surface area contributed by atoms with Crippen LogP contribution in [0.5, 0.6) is 0 Å². The molecule has 1 spiro atoms. The molecule has 0 radical (unpaired) electrons.